The molecule has 0 heterocycles. The van der Waals surface area contributed by atoms with E-state index in [-0.39, 0.29) is 10.8 Å². The first-order valence-corrected chi connectivity index (χ1v) is 7.18. The van der Waals surface area contributed by atoms with Crippen LogP contribution in [0.1, 0.15) is 6.42 Å². The lowest BCUT2D eigenvalue weighted by Crippen LogP contribution is -2.21. The highest BCUT2D eigenvalue weighted by Crippen LogP contribution is 2.27. The van der Waals surface area contributed by atoms with Crippen molar-refractivity contribution >= 4 is 27.3 Å². The number of hydrogen-bond acceptors (Lipinski definition) is 3. The van der Waals surface area contributed by atoms with Crippen LogP contribution >= 0.6 is 11.6 Å². The molecule has 18 heavy (non-hydrogen) atoms. The van der Waals surface area contributed by atoms with Gasteiger partial charge in [0.15, 0.2) is 5.82 Å². The second kappa shape index (κ2) is 6.31. The number of anilines is 1. The molecule has 1 rings (SSSR count). The van der Waals surface area contributed by atoms with Crippen LogP contribution in [0.2, 0.25) is 5.02 Å². The Morgan fingerprint density at radius 1 is 1.33 bits per heavy atom. The zero-order chi connectivity index (χ0) is 13.8. The van der Waals surface area contributed by atoms with Crippen LogP contribution in [0.3, 0.4) is 0 Å². The predicted molar refractivity (Wildman–Crippen MR) is 67.3 cm³/mol. The summed E-state index contributed by atoms with van der Waals surface area (Å²) in [5, 5.41) is 2.48. The van der Waals surface area contributed by atoms with E-state index < -0.39 is 27.3 Å². The standard InChI is InChI=1S/C10H13ClF2N2O2S/c1-14-3-2-4-18(16,17)15-10-8(11)5-7(12)6-9(10)13/h5-6,14-15H,2-4H2,1H3. The summed E-state index contributed by atoms with van der Waals surface area (Å²) < 4.78 is 51.4. The van der Waals surface area contributed by atoms with Gasteiger partial charge in [0.1, 0.15) is 11.5 Å². The molecule has 0 spiro atoms. The second-order valence-corrected chi connectivity index (χ2v) is 5.87. The minimum Gasteiger partial charge on any atom is -0.320 e. The minimum absolute atomic E-state index is 0.180. The number of halogens is 3. The third-order valence-electron chi connectivity index (χ3n) is 2.10. The predicted octanol–water partition coefficient (Wildman–Crippen LogP) is 1.97. The molecule has 1 aromatic rings. The number of rotatable bonds is 6. The highest BCUT2D eigenvalue weighted by Gasteiger charge is 2.16. The van der Waals surface area contributed by atoms with Crippen molar-refractivity contribution < 1.29 is 17.2 Å². The zero-order valence-electron chi connectivity index (χ0n) is 9.63. The third-order valence-corrected chi connectivity index (χ3v) is 3.74. The van der Waals surface area contributed by atoms with Crippen LogP contribution in [0.5, 0.6) is 0 Å². The van der Waals surface area contributed by atoms with Crippen molar-refractivity contribution in [2.75, 3.05) is 24.1 Å². The Kier molecular flexibility index (Phi) is 5.30. The number of sulfonamides is 1. The summed E-state index contributed by atoms with van der Waals surface area (Å²) in [6.45, 7) is 0.514. The lowest BCUT2D eigenvalue weighted by Gasteiger charge is -2.10. The van der Waals surface area contributed by atoms with Crippen LogP contribution < -0.4 is 10.0 Å². The maximum atomic E-state index is 13.4. The second-order valence-electron chi connectivity index (χ2n) is 3.62. The summed E-state index contributed by atoms with van der Waals surface area (Å²) >= 11 is 5.58. The van der Waals surface area contributed by atoms with Crippen molar-refractivity contribution in [3.8, 4) is 0 Å². The van der Waals surface area contributed by atoms with Gasteiger partial charge in [-0.3, -0.25) is 4.72 Å². The van der Waals surface area contributed by atoms with Crippen molar-refractivity contribution in [3.63, 3.8) is 0 Å². The molecule has 0 aliphatic rings. The minimum atomic E-state index is -3.70. The molecular weight excluding hydrogens is 286 g/mol. The number of hydrogen-bond donors (Lipinski definition) is 2. The summed E-state index contributed by atoms with van der Waals surface area (Å²) in [4.78, 5) is 0. The van der Waals surface area contributed by atoms with Gasteiger partial charge in [0.25, 0.3) is 0 Å². The van der Waals surface area contributed by atoms with Crippen molar-refractivity contribution in [3.05, 3.63) is 28.8 Å². The largest absolute Gasteiger partial charge is 0.320 e. The summed E-state index contributed by atoms with van der Waals surface area (Å²) in [5.74, 6) is -2.09. The molecule has 0 radical (unpaired) electrons. The van der Waals surface area contributed by atoms with E-state index >= 15 is 0 Å². The molecule has 0 aromatic heterocycles. The van der Waals surface area contributed by atoms with E-state index in [0.717, 1.165) is 6.07 Å². The van der Waals surface area contributed by atoms with Crippen molar-refractivity contribution in [2.24, 2.45) is 0 Å². The normalized spacial score (nSPS) is 11.6. The van der Waals surface area contributed by atoms with E-state index in [0.29, 0.717) is 19.0 Å². The molecule has 0 bridgehead atoms. The SMILES string of the molecule is CNCCCS(=O)(=O)Nc1c(F)cc(F)cc1Cl. The van der Waals surface area contributed by atoms with E-state index in [9.17, 15) is 17.2 Å². The Morgan fingerprint density at radius 3 is 2.56 bits per heavy atom. The van der Waals surface area contributed by atoms with Gasteiger partial charge in [-0.15, -0.1) is 0 Å². The zero-order valence-corrected chi connectivity index (χ0v) is 11.2. The molecule has 0 saturated heterocycles. The molecule has 1 aromatic carbocycles. The van der Waals surface area contributed by atoms with Crippen molar-refractivity contribution in [1.82, 2.24) is 5.32 Å². The molecule has 0 atom stereocenters. The van der Waals surface area contributed by atoms with E-state index in [1.54, 1.807) is 7.05 Å². The van der Waals surface area contributed by atoms with Crippen LogP contribution in [-0.4, -0.2) is 27.8 Å². The lowest BCUT2D eigenvalue weighted by molar-refractivity contribution is 0.582. The third kappa shape index (κ3) is 4.40. The van der Waals surface area contributed by atoms with E-state index in [4.69, 9.17) is 11.6 Å². The van der Waals surface area contributed by atoms with E-state index in [1.807, 2.05) is 4.72 Å². The average molecular weight is 299 g/mol. The smallest absolute Gasteiger partial charge is 0.232 e. The quantitative estimate of drug-likeness (QED) is 0.790. The fourth-order valence-corrected chi connectivity index (χ4v) is 2.73. The Hall–Kier alpha value is -0.920. The van der Waals surface area contributed by atoms with Crippen molar-refractivity contribution in [2.45, 2.75) is 6.42 Å². The molecule has 0 unspecified atom stereocenters. The summed E-state index contributed by atoms with van der Waals surface area (Å²) in [5.41, 5.74) is -0.428. The van der Waals surface area contributed by atoms with E-state index in [2.05, 4.69) is 5.32 Å². The molecule has 2 N–H and O–H groups in total. The van der Waals surface area contributed by atoms with Gasteiger partial charge in [0.05, 0.1) is 10.8 Å². The van der Waals surface area contributed by atoms with Gasteiger partial charge in [-0.2, -0.15) is 0 Å². The summed E-state index contributed by atoms with van der Waals surface area (Å²) in [6.07, 6.45) is 0.367. The maximum absolute atomic E-state index is 13.4. The van der Waals surface area contributed by atoms with Gasteiger partial charge >= 0.3 is 0 Å². The van der Waals surface area contributed by atoms with Crippen LogP contribution in [0.25, 0.3) is 0 Å². The highest BCUT2D eigenvalue weighted by molar-refractivity contribution is 7.92. The van der Waals surface area contributed by atoms with Crippen LogP contribution in [0, 0.1) is 11.6 Å². The lowest BCUT2D eigenvalue weighted by atomic mass is 10.3. The first-order chi connectivity index (χ1) is 8.35. The van der Waals surface area contributed by atoms with Gasteiger partial charge in [-0.1, -0.05) is 11.6 Å². The molecule has 0 aliphatic heterocycles. The average Bonchev–Trinajstić information content (AvgIpc) is 2.23. The monoisotopic (exact) mass is 298 g/mol. The number of nitrogens with one attached hydrogen (secondary N) is 2. The van der Waals surface area contributed by atoms with Gasteiger partial charge < -0.3 is 5.32 Å². The first kappa shape index (κ1) is 15.1. The summed E-state index contributed by atoms with van der Waals surface area (Å²) in [7, 11) is -2.01. The van der Waals surface area contributed by atoms with Crippen LogP contribution in [0.15, 0.2) is 12.1 Å². The van der Waals surface area contributed by atoms with Gasteiger partial charge in [-0.25, -0.2) is 17.2 Å². The topological polar surface area (TPSA) is 58.2 Å². The number of benzene rings is 1. The van der Waals surface area contributed by atoms with Gasteiger partial charge in [0, 0.05) is 6.07 Å². The molecule has 4 nitrogen and oxygen atoms in total. The Balaban J connectivity index is 2.84. The first-order valence-electron chi connectivity index (χ1n) is 5.15. The Morgan fingerprint density at radius 2 is 2.00 bits per heavy atom. The summed E-state index contributed by atoms with van der Waals surface area (Å²) in [6, 6.07) is 1.41. The molecule has 8 heteroatoms. The maximum Gasteiger partial charge on any atom is 0.232 e. The Labute approximate surface area is 109 Å². The molecular formula is C10H13ClF2N2O2S. The van der Waals surface area contributed by atoms with Crippen LogP contribution in [-0.2, 0) is 10.0 Å². The Bertz CT molecular complexity index is 500. The molecule has 0 amide bonds. The highest BCUT2D eigenvalue weighted by atomic mass is 35.5. The fraction of sp³-hybridized carbons (Fsp3) is 0.400. The van der Waals surface area contributed by atoms with Gasteiger partial charge in [-0.05, 0) is 26.1 Å². The molecule has 0 saturated carbocycles. The van der Waals surface area contributed by atoms with Crippen LogP contribution in [0.4, 0.5) is 14.5 Å². The molecule has 0 aliphatic carbocycles. The molecule has 0 fully saturated rings. The van der Waals surface area contributed by atoms with E-state index in [1.165, 1.54) is 0 Å². The fourth-order valence-electron chi connectivity index (χ4n) is 1.29. The molecule has 102 valence electrons. The van der Waals surface area contributed by atoms with Crippen molar-refractivity contribution in [1.29, 1.82) is 0 Å². The van der Waals surface area contributed by atoms with Gasteiger partial charge in [0.2, 0.25) is 10.0 Å².